The second kappa shape index (κ2) is 8.56. The Hall–Kier alpha value is -2.67. The Morgan fingerprint density at radius 1 is 1.32 bits per heavy atom. The Morgan fingerprint density at radius 2 is 2.21 bits per heavy atom. The Morgan fingerprint density at radius 3 is 3.04 bits per heavy atom. The predicted octanol–water partition coefficient (Wildman–Crippen LogP) is 3.29. The zero-order chi connectivity index (χ0) is 19.3. The lowest BCUT2D eigenvalue weighted by molar-refractivity contribution is -0.0156. The van der Waals surface area contributed by atoms with Gasteiger partial charge in [0.25, 0.3) is 0 Å². The number of hydrogen-bond acceptors (Lipinski definition) is 4. The van der Waals surface area contributed by atoms with Crippen molar-refractivity contribution in [3.05, 3.63) is 59.5 Å². The molecule has 1 saturated carbocycles. The number of ether oxygens (including phenoxy) is 2. The second-order valence-corrected chi connectivity index (χ2v) is 7.28. The topological polar surface area (TPSA) is 63.7 Å². The number of benzene rings is 1. The first kappa shape index (κ1) is 18.7. The number of aromatic nitrogens is 1. The molecule has 0 spiro atoms. The summed E-state index contributed by atoms with van der Waals surface area (Å²) in [4.78, 5) is 18.5. The number of carbonyl (C=O) groups excluding carboxylic acids is 1. The lowest BCUT2D eigenvalue weighted by Crippen LogP contribution is -2.46. The molecule has 2 aromatic rings. The van der Waals surface area contributed by atoms with Gasteiger partial charge < -0.3 is 19.7 Å². The van der Waals surface area contributed by atoms with Crippen molar-refractivity contribution >= 4 is 6.03 Å². The fourth-order valence-corrected chi connectivity index (χ4v) is 3.16. The minimum absolute atomic E-state index is 0.165. The molecule has 2 heterocycles. The van der Waals surface area contributed by atoms with E-state index >= 15 is 0 Å². The van der Waals surface area contributed by atoms with E-state index in [1.54, 1.807) is 17.2 Å². The summed E-state index contributed by atoms with van der Waals surface area (Å²) in [7, 11) is 0. The monoisotopic (exact) mass is 385 g/mol. The van der Waals surface area contributed by atoms with Gasteiger partial charge in [0.05, 0.1) is 19.8 Å². The van der Waals surface area contributed by atoms with Crippen LogP contribution in [0.5, 0.6) is 5.88 Å². The Labute approximate surface area is 163 Å². The van der Waals surface area contributed by atoms with E-state index in [0.29, 0.717) is 44.6 Å². The van der Waals surface area contributed by atoms with Crippen molar-refractivity contribution in [1.29, 1.82) is 0 Å². The van der Waals surface area contributed by atoms with Gasteiger partial charge >= 0.3 is 6.03 Å². The van der Waals surface area contributed by atoms with E-state index in [9.17, 15) is 9.18 Å². The Balaban J connectivity index is 1.30. The average molecular weight is 385 g/mol. The van der Waals surface area contributed by atoms with Gasteiger partial charge in [-0.15, -0.1) is 0 Å². The molecular formula is C21H24FN3O3. The molecule has 2 aliphatic rings. The largest absolute Gasteiger partial charge is 0.477 e. The van der Waals surface area contributed by atoms with Crippen LogP contribution in [0.15, 0.2) is 42.6 Å². The normalized spacial score (nSPS) is 19.3. The Kier molecular flexibility index (Phi) is 5.71. The van der Waals surface area contributed by atoms with Crippen LogP contribution < -0.4 is 10.1 Å². The van der Waals surface area contributed by atoms with Gasteiger partial charge in [-0.05, 0) is 48.1 Å². The zero-order valence-corrected chi connectivity index (χ0v) is 15.6. The molecule has 1 N–H and O–H groups in total. The third-order valence-corrected chi connectivity index (χ3v) is 4.98. The summed E-state index contributed by atoms with van der Waals surface area (Å²) in [6, 6.07) is 9.87. The van der Waals surface area contributed by atoms with E-state index in [1.165, 1.54) is 25.0 Å². The zero-order valence-electron chi connectivity index (χ0n) is 15.6. The van der Waals surface area contributed by atoms with Crippen molar-refractivity contribution in [1.82, 2.24) is 15.2 Å². The molecule has 28 heavy (non-hydrogen) atoms. The molecule has 1 atom stereocenters. The predicted molar refractivity (Wildman–Crippen MR) is 101 cm³/mol. The molecule has 148 valence electrons. The number of nitrogens with zero attached hydrogens (tertiary/aromatic N) is 2. The van der Waals surface area contributed by atoms with Gasteiger partial charge in [-0.1, -0.05) is 12.1 Å². The van der Waals surface area contributed by atoms with Crippen LogP contribution in [0.4, 0.5) is 9.18 Å². The van der Waals surface area contributed by atoms with Gasteiger partial charge in [-0.2, -0.15) is 0 Å². The average Bonchev–Trinajstić information content (AvgIpc) is 3.55. The van der Waals surface area contributed by atoms with Crippen LogP contribution in [0.2, 0.25) is 0 Å². The van der Waals surface area contributed by atoms with Gasteiger partial charge in [0.2, 0.25) is 5.88 Å². The highest BCUT2D eigenvalue weighted by Crippen LogP contribution is 2.29. The molecule has 1 aromatic carbocycles. The minimum Gasteiger partial charge on any atom is -0.477 e. The maximum absolute atomic E-state index is 13.5. The number of carbonyl (C=O) groups is 1. The van der Waals surface area contributed by atoms with Crippen LogP contribution in [0, 0.1) is 11.7 Å². The molecule has 4 rings (SSSR count). The maximum atomic E-state index is 13.5. The summed E-state index contributed by atoms with van der Waals surface area (Å²) < 4.78 is 24.9. The van der Waals surface area contributed by atoms with E-state index in [4.69, 9.17) is 9.47 Å². The second-order valence-electron chi connectivity index (χ2n) is 7.28. The molecule has 1 saturated heterocycles. The minimum atomic E-state index is -0.321. The molecular weight excluding hydrogens is 361 g/mol. The highest BCUT2D eigenvalue weighted by Gasteiger charge is 2.25. The number of amides is 2. The van der Waals surface area contributed by atoms with E-state index in [2.05, 4.69) is 10.3 Å². The molecule has 1 aliphatic heterocycles. The number of rotatable bonds is 6. The summed E-state index contributed by atoms with van der Waals surface area (Å²) in [5, 5.41) is 2.93. The Bertz CT molecular complexity index is 828. The number of hydrogen-bond donors (Lipinski definition) is 1. The highest BCUT2D eigenvalue weighted by molar-refractivity contribution is 5.74. The standard InChI is InChI=1S/C21H24FN3O3/c22-18-3-1-2-17(11-18)19-13-25(8-9-27-19)21(26)24-12-16-6-7-23-20(10-16)28-14-15-4-5-15/h1-3,6-7,10-11,15,19H,4-5,8-9,12-14H2,(H,24,26). The number of urea groups is 1. The summed E-state index contributed by atoms with van der Waals surface area (Å²) >= 11 is 0. The molecule has 1 aliphatic carbocycles. The lowest BCUT2D eigenvalue weighted by atomic mass is 10.1. The summed E-state index contributed by atoms with van der Waals surface area (Å²) in [6.07, 6.45) is 3.83. The maximum Gasteiger partial charge on any atom is 0.317 e. The fourth-order valence-electron chi connectivity index (χ4n) is 3.16. The van der Waals surface area contributed by atoms with E-state index in [1.807, 2.05) is 18.2 Å². The first-order chi connectivity index (χ1) is 13.7. The van der Waals surface area contributed by atoms with Gasteiger partial charge in [0.15, 0.2) is 0 Å². The van der Waals surface area contributed by atoms with Crippen LogP contribution in [-0.4, -0.2) is 42.2 Å². The van der Waals surface area contributed by atoms with Crippen molar-refractivity contribution in [2.45, 2.75) is 25.5 Å². The van der Waals surface area contributed by atoms with Crippen molar-refractivity contribution in [3.8, 4) is 5.88 Å². The summed E-state index contributed by atoms with van der Waals surface area (Å²) in [5.74, 6) is 0.953. The number of pyridine rings is 1. The quantitative estimate of drug-likeness (QED) is 0.829. The molecule has 2 amide bonds. The molecule has 6 nitrogen and oxygen atoms in total. The van der Waals surface area contributed by atoms with Crippen LogP contribution in [0.1, 0.15) is 30.1 Å². The number of morpholine rings is 1. The van der Waals surface area contributed by atoms with Crippen molar-refractivity contribution < 1.29 is 18.7 Å². The first-order valence-electron chi connectivity index (χ1n) is 9.65. The third kappa shape index (κ3) is 4.98. The number of nitrogens with one attached hydrogen (secondary N) is 1. The molecule has 2 fully saturated rings. The van der Waals surface area contributed by atoms with Crippen molar-refractivity contribution in [2.24, 2.45) is 5.92 Å². The van der Waals surface area contributed by atoms with Crippen molar-refractivity contribution in [2.75, 3.05) is 26.3 Å². The summed E-state index contributed by atoms with van der Waals surface area (Å²) in [6.45, 7) is 2.41. The third-order valence-electron chi connectivity index (χ3n) is 4.98. The first-order valence-corrected chi connectivity index (χ1v) is 9.65. The lowest BCUT2D eigenvalue weighted by Gasteiger charge is -2.33. The number of halogens is 1. The smallest absolute Gasteiger partial charge is 0.317 e. The van der Waals surface area contributed by atoms with Gasteiger partial charge in [-0.25, -0.2) is 14.2 Å². The fraction of sp³-hybridized carbons (Fsp3) is 0.429. The molecule has 7 heteroatoms. The summed E-state index contributed by atoms with van der Waals surface area (Å²) in [5.41, 5.74) is 1.67. The molecule has 1 aromatic heterocycles. The van der Waals surface area contributed by atoms with Gasteiger partial charge in [0, 0.05) is 25.4 Å². The van der Waals surface area contributed by atoms with Gasteiger partial charge in [0.1, 0.15) is 11.9 Å². The van der Waals surface area contributed by atoms with E-state index in [-0.39, 0.29) is 18.0 Å². The van der Waals surface area contributed by atoms with Crippen LogP contribution in [-0.2, 0) is 11.3 Å². The van der Waals surface area contributed by atoms with E-state index < -0.39 is 0 Å². The van der Waals surface area contributed by atoms with Crippen molar-refractivity contribution in [3.63, 3.8) is 0 Å². The highest BCUT2D eigenvalue weighted by atomic mass is 19.1. The SMILES string of the molecule is O=C(NCc1ccnc(OCC2CC2)c1)N1CCOC(c2cccc(F)c2)C1. The molecule has 0 radical (unpaired) electrons. The molecule has 0 bridgehead atoms. The van der Waals surface area contributed by atoms with Crippen LogP contribution >= 0.6 is 0 Å². The molecule has 1 unspecified atom stereocenters. The van der Waals surface area contributed by atoms with Crippen LogP contribution in [0.25, 0.3) is 0 Å². The van der Waals surface area contributed by atoms with Crippen LogP contribution in [0.3, 0.4) is 0 Å². The van der Waals surface area contributed by atoms with Gasteiger partial charge in [-0.3, -0.25) is 0 Å². The van der Waals surface area contributed by atoms with E-state index in [0.717, 1.165) is 11.1 Å².